The van der Waals surface area contributed by atoms with Gasteiger partial charge in [-0.15, -0.1) is 0 Å². The number of rotatable bonds is 4. The molecule has 0 spiro atoms. The van der Waals surface area contributed by atoms with Crippen LogP contribution in [0.3, 0.4) is 0 Å². The van der Waals surface area contributed by atoms with E-state index in [0.29, 0.717) is 27.5 Å². The van der Waals surface area contributed by atoms with Crippen LogP contribution in [0.5, 0.6) is 0 Å². The first-order valence-corrected chi connectivity index (χ1v) is 9.56. The highest BCUT2D eigenvalue weighted by Crippen LogP contribution is 2.25. The van der Waals surface area contributed by atoms with Crippen LogP contribution in [-0.4, -0.2) is 9.55 Å². The van der Waals surface area contributed by atoms with Gasteiger partial charge in [-0.25, -0.2) is 9.37 Å². The maximum Gasteiger partial charge on any atom is 0.266 e. The van der Waals surface area contributed by atoms with E-state index in [1.165, 1.54) is 29.5 Å². The molecule has 0 amide bonds. The standard InChI is InChI=1S/C22H17FN2OS/c1-15-6-8-16(9-7-15)14-27-22-24-20-5-3-2-4-19(20)21(26)25(22)18-12-10-17(23)11-13-18/h2-13H,14H2,1H3. The lowest BCUT2D eigenvalue weighted by atomic mass is 10.2. The second-order valence-electron chi connectivity index (χ2n) is 6.30. The molecule has 134 valence electrons. The molecule has 0 saturated carbocycles. The molecule has 0 N–H and O–H groups in total. The summed E-state index contributed by atoms with van der Waals surface area (Å²) in [6, 6.07) is 21.5. The van der Waals surface area contributed by atoms with Crippen molar-refractivity contribution in [1.82, 2.24) is 9.55 Å². The first-order chi connectivity index (χ1) is 13.1. The zero-order chi connectivity index (χ0) is 18.8. The third-order valence-corrected chi connectivity index (χ3v) is 5.33. The van der Waals surface area contributed by atoms with Crippen LogP contribution in [0.2, 0.25) is 0 Å². The lowest BCUT2D eigenvalue weighted by molar-refractivity contribution is 0.627. The molecule has 3 nitrogen and oxygen atoms in total. The van der Waals surface area contributed by atoms with Gasteiger partial charge in [0.15, 0.2) is 5.16 Å². The zero-order valence-electron chi connectivity index (χ0n) is 14.7. The summed E-state index contributed by atoms with van der Waals surface area (Å²) in [6.45, 7) is 2.05. The van der Waals surface area contributed by atoms with Crippen molar-refractivity contribution in [2.45, 2.75) is 17.8 Å². The fourth-order valence-electron chi connectivity index (χ4n) is 2.86. The fraction of sp³-hybridized carbons (Fsp3) is 0.0909. The largest absolute Gasteiger partial charge is 0.268 e. The topological polar surface area (TPSA) is 34.9 Å². The number of hydrogen-bond acceptors (Lipinski definition) is 3. The Hall–Kier alpha value is -2.92. The molecule has 4 rings (SSSR count). The Morgan fingerprint density at radius 3 is 2.41 bits per heavy atom. The number of aromatic nitrogens is 2. The van der Waals surface area contributed by atoms with Gasteiger partial charge in [-0.1, -0.05) is 53.7 Å². The molecule has 4 aromatic rings. The molecule has 0 unspecified atom stereocenters. The third kappa shape index (κ3) is 3.64. The second-order valence-corrected chi connectivity index (χ2v) is 7.25. The SMILES string of the molecule is Cc1ccc(CSc2nc3ccccc3c(=O)n2-c2ccc(F)cc2)cc1. The first-order valence-electron chi connectivity index (χ1n) is 8.58. The number of aryl methyl sites for hydroxylation is 1. The van der Waals surface area contributed by atoms with Crippen LogP contribution < -0.4 is 5.56 Å². The lowest BCUT2D eigenvalue weighted by Crippen LogP contribution is -2.21. The van der Waals surface area contributed by atoms with Gasteiger partial charge in [0.05, 0.1) is 16.6 Å². The van der Waals surface area contributed by atoms with Crippen molar-refractivity contribution in [3.8, 4) is 5.69 Å². The molecule has 0 fully saturated rings. The summed E-state index contributed by atoms with van der Waals surface area (Å²) in [7, 11) is 0. The highest BCUT2D eigenvalue weighted by Gasteiger charge is 2.13. The highest BCUT2D eigenvalue weighted by molar-refractivity contribution is 7.98. The second kappa shape index (κ2) is 7.37. The van der Waals surface area contributed by atoms with E-state index in [2.05, 4.69) is 24.3 Å². The minimum atomic E-state index is -0.339. The van der Waals surface area contributed by atoms with E-state index in [1.54, 1.807) is 22.8 Å². The van der Waals surface area contributed by atoms with Crippen molar-refractivity contribution in [2.75, 3.05) is 0 Å². The molecule has 0 aliphatic rings. The number of halogens is 1. The summed E-state index contributed by atoms with van der Waals surface area (Å²) in [5, 5.41) is 1.13. The molecule has 0 radical (unpaired) electrons. The van der Waals surface area contributed by atoms with Gasteiger partial charge in [-0.2, -0.15) is 0 Å². The molecule has 3 aromatic carbocycles. The highest BCUT2D eigenvalue weighted by atomic mass is 32.2. The smallest absolute Gasteiger partial charge is 0.266 e. The normalized spacial score (nSPS) is 11.0. The summed E-state index contributed by atoms with van der Waals surface area (Å²) in [5.41, 5.74) is 3.46. The van der Waals surface area contributed by atoms with Gasteiger partial charge in [-0.3, -0.25) is 9.36 Å². The van der Waals surface area contributed by atoms with E-state index < -0.39 is 0 Å². The number of fused-ring (bicyclic) bond motifs is 1. The number of para-hydroxylation sites is 1. The quantitative estimate of drug-likeness (QED) is 0.366. The van der Waals surface area contributed by atoms with E-state index in [1.807, 2.05) is 25.1 Å². The van der Waals surface area contributed by atoms with E-state index in [-0.39, 0.29) is 11.4 Å². The Morgan fingerprint density at radius 1 is 0.963 bits per heavy atom. The Morgan fingerprint density at radius 2 is 1.67 bits per heavy atom. The van der Waals surface area contributed by atoms with Gasteiger partial charge >= 0.3 is 0 Å². The predicted molar refractivity (Wildman–Crippen MR) is 108 cm³/mol. The Labute approximate surface area is 160 Å². The number of thioether (sulfide) groups is 1. The molecule has 1 aromatic heterocycles. The Balaban J connectivity index is 1.81. The Bertz CT molecular complexity index is 1150. The summed E-state index contributed by atoms with van der Waals surface area (Å²) in [6.07, 6.45) is 0. The molecule has 5 heteroatoms. The van der Waals surface area contributed by atoms with Gasteiger partial charge in [0.2, 0.25) is 0 Å². The molecule has 0 saturated heterocycles. The van der Waals surface area contributed by atoms with Crippen LogP contribution in [0.25, 0.3) is 16.6 Å². The maximum atomic E-state index is 13.4. The van der Waals surface area contributed by atoms with E-state index in [0.717, 1.165) is 5.56 Å². The fourth-order valence-corrected chi connectivity index (χ4v) is 3.83. The van der Waals surface area contributed by atoms with Gasteiger partial charge < -0.3 is 0 Å². The molecule has 0 aliphatic carbocycles. The van der Waals surface area contributed by atoms with E-state index >= 15 is 0 Å². The number of nitrogens with zero attached hydrogens (tertiary/aromatic N) is 2. The summed E-state index contributed by atoms with van der Waals surface area (Å²) in [5.74, 6) is 0.348. The van der Waals surface area contributed by atoms with Crippen LogP contribution in [0, 0.1) is 12.7 Å². The van der Waals surface area contributed by atoms with Crippen molar-refractivity contribution >= 4 is 22.7 Å². The minimum Gasteiger partial charge on any atom is -0.268 e. The van der Waals surface area contributed by atoms with Crippen molar-refractivity contribution in [1.29, 1.82) is 0 Å². The van der Waals surface area contributed by atoms with Crippen LogP contribution in [0.15, 0.2) is 82.7 Å². The average Bonchev–Trinajstić information content (AvgIpc) is 2.69. The third-order valence-electron chi connectivity index (χ3n) is 4.32. The van der Waals surface area contributed by atoms with Gasteiger partial charge in [0.1, 0.15) is 5.82 Å². The van der Waals surface area contributed by atoms with Crippen molar-refractivity contribution in [3.63, 3.8) is 0 Å². The molecule has 0 atom stereocenters. The van der Waals surface area contributed by atoms with Crippen LogP contribution in [-0.2, 0) is 5.75 Å². The van der Waals surface area contributed by atoms with Crippen LogP contribution in [0.1, 0.15) is 11.1 Å². The van der Waals surface area contributed by atoms with E-state index in [4.69, 9.17) is 4.98 Å². The van der Waals surface area contributed by atoms with Crippen molar-refractivity contribution < 1.29 is 4.39 Å². The minimum absolute atomic E-state index is 0.154. The van der Waals surface area contributed by atoms with Gasteiger partial charge in [0.25, 0.3) is 5.56 Å². The molecular formula is C22H17FN2OS. The predicted octanol–water partition coefficient (Wildman–Crippen LogP) is 5.13. The van der Waals surface area contributed by atoms with Crippen molar-refractivity contribution in [3.05, 3.63) is 100 Å². The Kier molecular flexibility index (Phi) is 4.77. The molecule has 27 heavy (non-hydrogen) atoms. The monoisotopic (exact) mass is 376 g/mol. The maximum absolute atomic E-state index is 13.4. The van der Waals surface area contributed by atoms with Gasteiger partial charge in [0, 0.05) is 5.75 Å². The van der Waals surface area contributed by atoms with Crippen molar-refractivity contribution in [2.24, 2.45) is 0 Å². The number of benzene rings is 3. The first kappa shape index (κ1) is 17.5. The summed E-state index contributed by atoms with van der Waals surface area (Å²) < 4.78 is 14.9. The van der Waals surface area contributed by atoms with Crippen LogP contribution >= 0.6 is 11.8 Å². The molecular weight excluding hydrogens is 359 g/mol. The summed E-state index contributed by atoms with van der Waals surface area (Å²) in [4.78, 5) is 17.8. The average molecular weight is 376 g/mol. The lowest BCUT2D eigenvalue weighted by Gasteiger charge is -2.13. The van der Waals surface area contributed by atoms with E-state index in [9.17, 15) is 9.18 Å². The van der Waals surface area contributed by atoms with Gasteiger partial charge in [-0.05, 0) is 48.9 Å². The molecule has 0 aliphatic heterocycles. The number of hydrogen-bond donors (Lipinski definition) is 0. The van der Waals surface area contributed by atoms with Crippen LogP contribution in [0.4, 0.5) is 4.39 Å². The molecule has 1 heterocycles. The zero-order valence-corrected chi connectivity index (χ0v) is 15.5. The molecule has 0 bridgehead atoms. The summed E-state index contributed by atoms with van der Waals surface area (Å²) >= 11 is 1.49.